The summed E-state index contributed by atoms with van der Waals surface area (Å²) in [7, 11) is 0. The van der Waals surface area contributed by atoms with Gasteiger partial charge in [-0.05, 0) is 37.1 Å². The van der Waals surface area contributed by atoms with Gasteiger partial charge in [0.25, 0.3) is 5.91 Å². The molecule has 1 fully saturated rings. The quantitative estimate of drug-likeness (QED) is 0.877. The Labute approximate surface area is 147 Å². The van der Waals surface area contributed by atoms with Crippen molar-refractivity contribution in [2.75, 3.05) is 19.6 Å². The molecular formula is C19H25FN4O. The van der Waals surface area contributed by atoms with Gasteiger partial charge < -0.3 is 10.6 Å². The molecule has 1 aromatic carbocycles. The predicted molar refractivity (Wildman–Crippen MR) is 95.1 cm³/mol. The molecule has 1 saturated heterocycles. The van der Waals surface area contributed by atoms with E-state index in [1.807, 2.05) is 30.8 Å². The van der Waals surface area contributed by atoms with Crippen LogP contribution in [0.15, 0.2) is 36.5 Å². The highest BCUT2D eigenvalue weighted by molar-refractivity contribution is 5.92. The molecule has 1 amide bonds. The number of amides is 1. The van der Waals surface area contributed by atoms with E-state index in [0.717, 1.165) is 25.9 Å². The third-order valence-corrected chi connectivity index (χ3v) is 4.78. The van der Waals surface area contributed by atoms with Crippen molar-refractivity contribution in [2.45, 2.75) is 38.1 Å². The average molecular weight is 344 g/mol. The number of nitrogens with one attached hydrogen (secondary N) is 2. The zero-order valence-corrected chi connectivity index (χ0v) is 14.8. The molecule has 6 heteroatoms. The number of nitrogens with zero attached hydrogens (tertiary/aromatic N) is 2. The number of hydrogen-bond acceptors (Lipinski definition) is 3. The van der Waals surface area contributed by atoms with Crippen LogP contribution in [0.1, 0.15) is 48.8 Å². The van der Waals surface area contributed by atoms with Crippen molar-refractivity contribution < 1.29 is 9.18 Å². The van der Waals surface area contributed by atoms with Crippen molar-refractivity contribution in [1.29, 1.82) is 0 Å². The van der Waals surface area contributed by atoms with Gasteiger partial charge in [0, 0.05) is 24.7 Å². The maximum Gasteiger partial charge on any atom is 0.271 e. The molecule has 1 unspecified atom stereocenters. The van der Waals surface area contributed by atoms with E-state index in [4.69, 9.17) is 0 Å². The van der Waals surface area contributed by atoms with Gasteiger partial charge in [0.15, 0.2) is 0 Å². The first kappa shape index (κ1) is 17.6. The van der Waals surface area contributed by atoms with E-state index in [-0.39, 0.29) is 11.7 Å². The SMILES string of the molecule is CC(C)(CNC(=O)c1ccn(C2CCCNC2)n1)c1ccccc1F. The highest BCUT2D eigenvalue weighted by Gasteiger charge is 2.25. The standard InChI is InChI=1S/C19H25FN4O/c1-19(2,15-7-3-4-8-16(15)20)13-22-18(25)17-9-11-24(23-17)14-6-5-10-21-12-14/h3-4,7-9,11,14,21H,5-6,10,12-13H2,1-2H3,(H,22,25). The van der Waals surface area contributed by atoms with Crippen LogP contribution in [0.5, 0.6) is 0 Å². The summed E-state index contributed by atoms with van der Waals surface area (Å²) in [6.45, 7) is 6.08. The molecule has 2 N–H and O–H groups in total. The maximum atomic E-state index is 14.0. The summed E-state index contributed by atoms with van der Waals surface area (Å²) >= 11 is 0. The number of piperidine rings is 1. The van der Waals surface area contributed by atoms with Crippen molar-refractivity contribution in [3.8, 4) is 0 Å². The lowest BCUT2D eigenvalue weighted by atomic mass is 9.84. The van der Waals surface area contributed by atoms with Crippen LogP contribution < -0.4 is 10.6 Å². The summed E-state index contributed by atoms with van der Waals surface area (Å²) in [5.41, 5.74) is 0.487. The lowest BCUT2D eigenvalue weighted by Gasteiger charge is -2.26. The Kier molecular flexibility index (Phi) is 5.18. The van der Waals surface area contributed by atoms with E-state index in [1.54, 1.807) is 18.2 Å². The molecule has 0 spiro atoms. The fourth-order valence-corrected chi connectivity index (χ4v) is 3.22. The Balaban J connectivity index is 1.62. The fraction of sp³-hybridized carbons (Fsp3) is 0.474. The van der Waals surface area contributed by atoms with Crippen LogP contribution in [-0.4, -0.2) is 35.3 Å². The predicted octanol–water partition coefficient (Wildman–Crippen LogP) is 2.65. The molecule has 0 saturated carbocycles. The minimum Gasteiger partial charge on any atom is -0.350 e. The van der Waals surface area contributed by atoms with E-state index in [0.29, 0.717) is 23.8 Å². The summed E-state index contributed by atoms with van der Waals surface area (Å²) in [5, 5.41) is 10.6. The van der Waals surface area contributed by atoms with E-state index in [2.05, 4.69) is 15.7 Å². The van der Waals surface area contributed by atoms with Gasteiger partial charge in [0.1, 0.15) is 11.5 Å². The van der Waals surface area contributed by atoms with Crippen LogP contribution in [0.25, 0.3) is 0 Å². The van der Waals surface area contributed by atoms with Crippen LogP contribution in [0.4, 0.5) is 4.39 Å². The van der Waals surface area contributed by atoms with E-state index in [1.165, 1.54) is 6.07 Å². The van der Waals surface area contributed by atoms with E-state index >= 15 is 0 Å². The number of aromatic nitrogens is 2. The van der Waals surface area contributed by atoms with E-state index in [9.17, 15) is 9.18 Å². The third kappa shape index (κ3) is 4.07. The van der Waals surface area contributed by atoms with Crippen molar-refractivity contribution in [1.82, 2.24) is 20.4 Å². The number of hydrogen-bond donors (Lipinski definition) is 2. The smallest absolute Gasteiger partial charge is 0.271 e. The monoisotopic (exact) mass is 344 g/mol. The normalized spacial score (nSPS) is 18.1. The number of halogens is 1. The van der Waals surface area contributed by atoms with Gasteiger partial charge in [-0.2, -0.15) is 5.10 Å². The Bertz CT molecular complexity index is 735. The molecule has 1 aliphatic heterocycles. The topological polar surface area (TPSA) is 59.0 Å². The van der Waals surface area contributed by atoms with Crippen LogP contribution in [0, 0.1) is 5.82 Å². The zero-order chi connectivity index (χ0) is 17.9. The molecule has 5 nitrogen and oxygen atoms in total. The largest absolute Gasteiger partial charge is 0.350 e. The summed E-state index contributed by atoms with van der Waals surface area (Å²) < 4.78 is 15.9. The maximum absolute atomic E-state index is 14.0. The van der Waals surface area contributed by atoms with Gasteiger partial charge in [0.2, 0.25) is 0 Å². The molecule has 1 aromatic heterocycles. The molecule has 25 heavy (non-hydrogen) atoms. The Hall–Kier alpha value is -2.21. The Morgan fingerprint density at radius 3 is 2.92 bits per heavy atom. The Morgan fingerprint density at radius 1 is 1.40 bits per heavy atom. The zero-order valence-electron chi connectivity index (χ0n) is 14.8. The highest BCUT2D eigenvalue weighted by Crippen LogP contribution is 2.25. The second kappa shape index (κ2) is 7.35. The molecule has 134 valence electrons. The Morgan fingerprint density at radius 2 is 2.20 bits per heavy atom. The lowest BCUT2D eigenvalue weighted by molar-refractivity contribution is 0.0939. The highest BCUT2D eigenvalue weighted by atomic mass is 19.1. The first-order valence-electron chi connectivity index (χ1n) is 8.76. The van der Waals surface area contributed by atoms with Gasteiger partial charge in [0.05, 0.1) is 6.04 Å². The van der Waals surface area contributed by atoms with Crippen LogP contribution in [0.3, 0.4) is 0 Å². The minimum absolute atomic E-state index is 0.230. The van der Waals surface area contributed by atoms with E-state index < -0.39 is 5.41 Å². The molecule has 1 atom stereocenters. The summed E-state index contributed by atoms with van der Waals surface area (Å²) in [6.07, 6.45) is 4.04. The van der Waals surface area contributed by atoms with Gasteiger partial charge in [-0.1, -0.05) is 32.0 Å². The third-order valence-electron chi connectivity index (χ3n) is 4.78. The first-order valence-corrected chi connectivity index (χ1v) is 8.76. The average Bonchev–Trinajstić information content (AvgIpc) is 3.11. The summed E-state index contributed by atoms with van der Waals surface area (Å²) in [5.74, 6) is -0.484. The van der Waals surface area contributed by atoms with Crippen molar-refractivity contribution >= 4 is 5.91 Å². The van der Waals surface area contributed by atoms with Gasteiger partial charge in [-0.3, -0.25) is 9.48 Å². The molecule has 0 radical (unpaired) electrons. The summed E-state index contributed by atoms with van der Waals surface area (Å²) in [6, 6.07) is 8.71. The van der Waals surface area contributed by atoms with Gasteiger partial charge in [-0.15, -0.1) is 0 Å². The molecule has 2 aromatic rings. The molecular weight excluding hydrogens is 319 g/mol. The second-order valence-corrected chi connectivity index (χ2v) is 7.23. The van der Waals surface area contributed by atoms with Crippen LogP contribution in [0.2, 0.25) is 0 Å². The number of carbonyl (C=O) groups excluding carboxylic acids is 1. The van der Waals surface area contributed by atoms with Crippen molar-refractivity contribution in [3.63, 3.8) is 0 Å². The molecule has 1 aliphatic rings. The molecule has 0 bridgehead atoms. The summed E-state index contributed by atoms with van der Waals surface area (Å²) in [4.78, 5) is 12.4. The van der Waals surface area contributed by atoms with Crippen molar-refractivity contribution in [3.05, 3.63) is 53.6 Å². The number of carbonyl (C=O) groups is 1. The van der Waals surface area contributed by atoms with Crippen LogP contribution in [-0.2, 0) is 5.41 Å². The molecule has 2 heterocycles. The minimum atomic E-state index is -0.503. The fourth-order valence-electron chi connectivity index (χ4n) is 3.22. The lowest BCUT2D eigenvalue weighted by Crippen LogP contribution is -2.37. The second-order valence-electron chi connectivity index (χ2n) is 7.23. The molecule has 0 aliphatic carbocycles. The van der Waals surface area contributed by atoms with Gasteiger partial charge >= 0.3 is 0 Å². The number of rotatable bonds is 5. The first-order chi connectivity index (χ1) is 12.0. The molecule has 3 rings (SSSR count). The van der Waals surface area contributed by atoms with Gasteiger partial charge in [-0.25, -0.2) is 4.39 Å². The van der Waals surface area contributed by atoms with Crippen molar-refractivity contribution in [2.24, 2.45) is 0 Å². The number of benzene rings is 1. The van der Waals surface area contributed by atoms with Crippen LogP contribution >= 0.6 is 0 Å².